The van der Waals surface area contributed by atoms with Crippen molar-refractivity contribution in [3.63, 3.8) is 0 Å². The van der Waals surface area contributed by atoms with Gasteiger partial charge in [-0.05, 0) is 89.0 Å². The monoisotopic (exact) mass is 810 g/mol. The summed E-state index contributed by atoms with van der Waals surface area (Å²) in [7, 11) is 0. The van der Waals surface area contributed by atoms with Gasteiger partial charge in [0.1, 0.15) is 35.6 Å². The van der Waals surface area contributed by atoms with Crippen LogP contribution in [0.5, 0.6) is 11.5 Å². The molecule has 0 saturated heterocycles. The number of anilines is 1. The van der Waals surface area contributed by atoms with E-state index in [2.05, 4.69) is 25.9 Å². The minimum Gasteiger partial charge on any atom is -0.505 e. The number of carbonyl (C=O) groups is 1. The molecular weight excluding hydrogens is 776 g/mol. The number of benzene rings is 8. The van der Waals surface area contributed by atoms with E-state index < -0.39 is 6.10 Å². The summed E-state index contributed by atoms with van der Waals surface area (Å²) in [6.07, 6.45) is -0.889. The highest BCUT2D eigenvalue weighted by Crippen LogP contribution is 2.46. The summed E-state index contributed by atoms with van der Waals surface area (Å²) in [5, 5.41) is 44.4. The number of halogens is 1. The SMILES string of the molecule is Cc1cccc(NOCc2cc3ccccc3c(N=Nc3ccc4c(c3)C(=O)c3cc(N=Nc5c(O)c(C(ON)c6ccccc6Cl)cc6ccccc56)ccc3-4)c2O)c1. The Balaban J connectivity index is 0.986. The molecule has 0 bridgehead atoms. The van der Waals surface area contributed by atoms with Gasteiger partial charge in [-0.25, -0.2) is 5.90 Å². The molecule has 1 aliphatic rings. The Kier molecular flexibility index (Phi) is 10.3. The third kappa shape index (κ3) is 7.23. The van der Waals surface area contributed by atoms with Crippen molar-refractivity contribution in [2.75, 3.05) is 5.48 Å². The standard InChI is InChI=1S/C48H35ClN6O5/c1-27-9-8-12-33(21-27)55-59-26-30-22-28-10-2-4-13-34(28)43(45(30)56)53-51-31-17-19-36-37-20-18-32(25-40(37)46(57)39(36)24-31)52-54-44-35-14-5-3-11-29(35)23-41(47(44)58)48(60-50)38-15-6-7-16-42(38)49/h2-25,48,55-56,58H,26,50H2,1H3. The molecule has 1 aliphatic carbocycles. The fourth-order valence-corrected chi connectivity index (χ4v) is 7.76. The Labute approximate surface area is 349 Å². The number of fused-ring (bicyclic) bond motifs is 5. The molecule has 60 heavy (non-hydrogen) atoms. The normalized spacial score (nSPS) is 12.8. The van der Waals surface area contributed by atoms with E-state index in [9.17, 15) is 15.0 Å². The number of hydrogen-bond acceptors (Lipinski definition) is 11. The van der Waals surface area contributed by atoms with E-state index >= 15 is 0 Å². The molecule has 0 fully saturated rings. The average Bonchev–Trinajstić information content (AvgIpc) is 3.54. The first-order chi connectivity index (χ1) is 29.3. The van der Waals surface area contributed by atoms with E-state index in [0.29, 0.717) is 55.0 Å². The second-order valence-electron chi connectivity index (χ2n) is 14.3. The number of carbonyl (C=O) groups excluding carboxylic acids is 1. The number of phenolic OH excluding ortho intramolecular Hbond substituents is 2. The quantitative estimate of drug-likeness (QED) is 0.0746. The first-order valence-corrected chi connectivity index (χ1v) is 19.3. The number of aromatic hydroxyl groups is 2. The van der Waals surface area contributed by atoms with Crippen LogP contribution in [0.25, 0.3) is 32.7 Å². The van der Waals surface area contributed by atoms with Crippen LogP contribution in [0.15, 0.2) is 166 Å². The topological polar surface area (TPSA) is 163 Å². The lowest BCUT2D eigenvalue weighted by molar-refractivity contribution is 0.0798. The summed E-state index contributed by atoms with van der Waals surface area (Å²) in [4.78, 5) is 25.0. The van der Waals surface area contributed by atoms with Gasteiger partial charge in [0.2, 0.25) is 0 Å². The Morgan fingerprint density at radius 2 is 1.23 bits per heavy atom. The molecule has 8 aromatic rings. The van der Waals surface area contributed by atoms with Crippen LogP contribution in [0.2, 0.25) is 5.02 Å². The van der Waals surface area contributed by atoms with E-state index in [1.807, 2.05) is 97.9 Å². The number of phenols is 2. The molecule has 0 aromatic heterocycles. The Morgan fingerprint density at radius 3 is 1.87 bits per heavy atom. The smallest absolute Gasteiger partial charge is 0.194 e. The molecule has 0 radical (unpaired) electrons. The van der Waals surface area contributed by atoms with Crippen LogP contribution in [-0.2, 0) is 16.3 Å². The lowest BCUT2D eigenvalue weighted by Gasteiger charge is -2.19. The molecule has 5 N–H and O–H groups in total. The average molecular weight is 811 g/mol. The van der Waals surface area contributed by atoms with Crippen molar-refractivity contribution < 1.29 is 24.7 Å². The van der Waals surface area contributed by atoms with Gasteiger partial charge in [0.05, 0.1) is 17.1 Å². The van der Waals surface area contributed by atoms with Crippen LogP contribution in [-0.4, -0.2) is 16.0 Å². The van der Waals surface area contributed by atoms with Gasteiger partial charge in [-0.2, -0.15) is 10.2 Å². The molecule has 12 heteroatoms. The first-order valence-electron chi connectivity index (χ1n) is 19.0. The van der Waals surface area contributed by atoms with Gasteiger partial charge in [0, 0.05) is 43.6 Å². The van der Waals surface area contributed by atoms with Crippen molar-refractivity contribution in [2.45, 2.75) is 19.6 Å². The molecule has 294 valence electrons. The van der Waals surface area contributed by atoms with Crippen LogP contribution >= 0.6 is 11.6 Å². The lowest BCUT2D eigenvalue weighted by Crippen LogP contribution is -2.11. The van der Waals surface area contributed by atoms with Crippen molar-refractivity contribution in [1.29, 1.82) is 0 Å². The number of nitrogens with zero attached hydrogens (tertiary/aromatic N) is 4. The highest BCUT2D eigenvalue weighted by molar-refractivity contribution is 6.31. The van der Waals surface area contributed by atoms with E-state index in [4.69, 9.17) is 27.2 Å². The van der Waals surface area contributed by atoms with Gasteiger partial charge in [-0.15, -0.1) is 10.2 Å². The Morgan fingerprint density at radius 1 is 0.633 bits per heavy atom. The maximum Gasteiger partial charge on any atom is 0.194 e. The molecule has 11 nitrogen and oxygen atoms in total. The van der Waals surface area contributed by atoms with Crippen molar-refractivity contribution in [1.82, 2.24) is 0 Å². The summed E-state index contributed by atoms with van der Waals surface area (Å²) in [6, 6.07) is 44.1. The van der Waals surface area contributed by atoms with Gasteiger partial charge in [0.25, 0.3) is 0 Å². The van der Waals surface area contributed by atoms with Gasteiger partial charge in [-0.1, -0.05) is 103 Å². The highest BCUT2D eigenvalue weighted by atomic mass is 35.5. The molecule has 0 spiro atoms. The summed E-state index contributed by atoms with van der Waals surface area (Å²) in [5.41, 5.74) is 9.99. The zero-order chi connectivity index (χ0) is 41.3. The molecule has 0 saturated carbocycles. The van der Waals surface area contributed by atoms with E-state index in [1.165, 1.54) is 0 Å². The predicted octanol–water partition coefficient (Wildman–Crippen LogP) is 12.9. The van der Waals surface area contributed by atoms with Crippen molar-refractivity contribution in [3.8, 4) is 22.6 Å². The van der Waals surface area contributed by atoms with E-state index in [-0.39, 0.29) is 35.3 Å². The Hall–Kier alpha value is -7.28. The molecular formula is C48H35ClN6O5. The molecule has 0 amide bonds. The number of hydrogen-bond donors (Lipinski definition) is 4. The van der Waals surface area contributed by atoms with Crippen LogP contribution in [0, 0.1) is 6.92 Å². The number of ketones is 1. The van der Waals surface area contributed by atoms with Crippen molar-refractivity contribution in [3.05, 3.63) is 184 Å². The summed E-state index contributed by atoms with van der Waals surface area (Å²) in [5.74, 6) is 5.33. The number of rotatable bonds is 11. The summed E-state index contributed by atoms with van der Waals surface area (Å²) < 4.78 is 0. The molecule has 1 unspecified atom stereocenters. The molecule has 9 rings (SSSR count). The minimum atomic E-state index is -0.889. The third-order valence-corrected chi connectivity index (χ3v) is 10.8. The summed E-state index contributed by atoms with van der Waals surface area (Å²) in [6.45, 7) is 2.06. The lowest BCUT2D eigenvalue weighted by atomic mass is 9.96. The number of nitrogens with two attached hydrogens (primary N) is 1. The van der Waals surface area contributed by atoms with Crippen molar-refractivity contribution >= 4 is 67.4 Å². The van der Waals surface area contributed by atoms with Gasteiger partial charge in [0.15, 0.2) is 5.78 Å². The van der Waals surface area contributed by atoms with Gasteiger partial charge < -0.3 is 10.2 Å². The second kappa shape index (κ2) is 16.2. The van der Waals surface area contributed by atoms with Gasteiger partial charge >= 0.3 is 0 Å². The molecule has 1 atom stereocenters. The number of aryl methyl sites for hydroxylation is 1. The largest absolute Gasteiger partial charge is 0.505 e. The fourth-order valence-electron chi connectivity index (χ4n) is 7.53. The third-order valence-electron chi connectivity index (χ3n) is 10.5. The first kappa shape index (κ1) is 38.2. The second-order valence-corrected chi connectivity index (χ2v) is 14.7. The number of nitrogens with one attached hydrogen (secondary N) is 1. The minimum absolute atomic E-state index is 0.0593. The summed E-state index contributed by atoms with van der Waals surface area (Å²) >= 11 is 6.49. The fraction of sp³-hybridized carbons (Fsp3) is 0.0625. The zero-order valence-electron chi connectivity index (χ0n) is 32.0. The van der Waals surface area contributed by atoms with E-state index in [1.54, 1.807) is 54.6 Å². The number of azo groups is 2. The predicted molar refractivity (Wildman–Crippen MR) is 233 cm³/mol. The van der Waals surface area contributed by atoms with Crippen molar-refractivity contribution in [2.24, 2.45) is 26.4 Å². The van der Waals surface area contributed by atoms with Crippen LogP contribution in [0.3, 0.4) is 0 Å². The zero-order valence-corrected chi connectivity index (χ0v) is 32.8. The maximum absolute atomic E-state index is 13.9. The Bertz CT molecular complexity index is 3060. The van der Waals surface area contributed by atoms with Crippen LogP contribution in [0.4, 0.5) is 28.4 Å². The highest BCUT2D eigenvalue weighted by Gasteiger charge is 2.28. The van der Waals surface area contributed by atoms with Gasteiger partial charge in [-0.3, -0.25) is 19.9 Å². The molecule has 0 aliphatic heterocycles. The molecule has 0 heterocycles. The van der Waals surface area contributed by atoms with E-state index in [0.717, 1.165) is 33.2 Å². The van der Waals surface area contributed by atoms with Crippen LogP contribution < -0.4 is 11.4 Å². The molecule has 8 aromatic carbocycles. The van der Waals surface area contributed by atoms with Crippen LogP contribution in [0.1, 0.15) is 44.3 Å². The maximum atomic E-state index is 13.9.